The Morgan fingerprint density at radius 1 is 1.00 bits per heavy atom. The maximum atomic E-state index is 11.6. The number of nitrogens with one attached hydrogen (secondary N) is 1. The number of carbonyl (C=O) groups excluding carboxylic acids is 2. The average Bonchev–Trinajstić information content (AvgIpc) is 2.47. The van der Waals surface area contributed by atoms with Gasteiger partial charge in [0.2, 0.25) is 5.91 Å². The van der Waals surface area contributed by atoms with Crippen LogP contribution in [0.3, 0.4) is 0 Å². The van der Waals surface area contributed by atoms with Gasteiger partial charge in [-0.2, -0.15) is 0 Å². The molecule has 5 heteroatoms. The monoisotopic (exact) mass is 283 g/mol. The fourth-order valence-electron chi connectivity index (χ4n) is 1.93. The zero-order valence-corrected chi connectivity index (χ0v) is 11.7. The molecule has 0 aromatic heterocycles. The molecule has 0 atom stereocenters. The van der Waals surface area contributed by atoms with Gasteiger partial charge in [-0.3, -0.25) is 10.1 Å². The summed E-state index contributed by atoms with van der Waals surface area (Å²) in [6.07, 6.45) is 0.811. The molecule has 0 aliphatic carbocycles. The van der Waals surface area contributed by atoms with Crippen molar-refractivity contribution in [1.82, 2.24) is 5.32 Å². The molecule has 3 amide bonds. The maximum absolute atomic E-state index is 11.6. The quantitative estimate of drug-likeness (QED) is 0.515. The molecule has 0 fully saturated rings. The van der Waals surface area contributed by atoms with E-state index in [1.165, 1.54) is 12.5 Å². The third-order valence-electron chi connectivity index (χ3n) is 2.97. The number of anilines is 1. The van der Waals surface area contributed by atoms with Crippen LogP contribution in [0.15, 0.2) is 54.6 Å². The number of amides is 3. The SMILES string of the molecule is CC(=O)NC(=O)N(N)c1ccc(Cc2ccccc2)cc1. The summed E-state index contributed by atoms with van der Waals surface area (Å²) < 4.78 is 0. The van der Waals surface area contributed by atoms with E-state index in [-0.39, 0.29) is 0 Å². The second kappa shape index (κ2) is 6.67. The zero-order valence-electron chi connectivity index (χ0n) is 11.7. The van der Waals surface area contributed by atoms with Crippen LogP contribution < -0.4 is 16.2 Å². The van der Waals surface area contributed by atoms with Crippen molar-refractivity contribution in [3.05, 3.63) is 65.7 Å². The number of hydrogen-bond donors (Lipinski definition) is 2. The number of nitrogens with zero attached hydrogens (tertiary/aromatic N) is 1. The number of nitrogens with two attached hydrogens (primary N) is 1. The molecule has 0 saturated carbocycles. The Hall–Kier alpha value is -2.66. The van der Waals surface area contributed by atoms with Crippen molar-refractivity contribution >= 4 is 17.6 Å². The van der Waals surface area contributed by atoms with E-state index in [1.807, 2.05) is 30.3 Å². The van der Waals surface area contributed by atoms with E-state index in [2.05, 4.69) is 17.4 Å². The average molecular weight is 283 g/mol. The van der Waals surface area contributed by atoms with Crippen molar-refractivity contribution in [1.29, 1.82) is 0 Å². The lowest BCUT2D eigenvalue weighted by Gasteiger charge is -2.16. The first-order valence-electron chi connectivity index (χ1n) is 6.55. The Labute approximate surface area is 123 Å². The third-order valence-corrected chi connectivity index (χ3v) is 2.97. The highest BCUT2D eigenvalue weighted by molar-refractivity contribution is 6.01. The van der Waals surface area contributed by atoms with Crippen molar-refractivity contribution in [3.8, 4) is 0 Å². The molecular formula is C16H17N3O2. The highest BCUT2D eigenvalue weighted by atomic mass is 16.2. The van der Waals surface area contributed by atoms with Gasteiger partial charge in [0.05, 0.1) is 5.69 Å². The summed E-state index contributed by atoms with van der Waals surface area (Å²) in [4.78, 5) is 22.4. The number of imide groups is 1. The molecule has 0 aliphatic heterocycles. The van der Waals surface area contributed by atoms with E-state index in [9.17, 15) is 9.59 Å². The minimum Gasteiger partial charge on any atom is -0.277 e. The molecule has 0 spiro atoms. The molecular weight excluding hydrogens is 266 g/mol. The summed E-state index contributed by atoms with van der Waals surface area (Å²) in [5, 5.41) is 3.03. The number of hydrazine groups is 1. The second-order valence-corrected chi connectivity index (χ2v) is 4.69. The Morgan fingerprint density at radius 2 is 1.57 bits per heavy atom. The van der Waals surface area contributed by atoms with Gasteiger partial charge in [-0.15, -0.1) is 0 Å². The Bertz CT molecular complexity index is 624. The van der Waals surface area contributed by atoms with Crippen LogP contribution in [0.25, 0.3) is 0 Å². The van der Waals surface area contributed by atoms with Crippen molar-refractivity contribution in [2.45, 2.75) is 13.3 Å². The van der Waals surface area contributed by atoms with Crippen molar-refractivity contribution in [2.75, 3.05) is 5.01 Å². The molecule has 0 unspecified atom stereocenters. The Balaban J connectivity index is 2.05. The second-order valence-electron chi connectivity index (χ2n) is 4.69. The number of benzene rings is 2. The number of hydrogen-bond acceptors (Lipinski definition) is 3. The minimum atomic E-state index is -0.654. The summed E-state index contributed by atoms with van der Waals surface area (Å²) in [7, 11) is 0. The summed E-state index contributed by atoms with van der Waals surface area (Å²) in [6.45, 7) is 1.26. The predicted octanol–water partition coefficient (Wildman–Crippen LogP) is 2.21. The summed E-state index contributed by atoms with van der Waals surface area (Å²) in [5.74, 6) is 5.21. The van der Waals surface area contributed by atoms with Gasteiger partial charge in [0.15, 0.2) is 0 Å². The molecule has 108 valence electrons. The maximum Gasteiger partial charge on any atom is 0.342 e. The van der Waals surface area contributed by atoms with Crippen LogP contribution in [-0.2, 0) is 11.2 Å². The summed E-state index contributed by atoms with van der Waals surface area (Å²) in [6, 6.07) is 16.7. The van der Waals surface area contributed by atoms with Gasteiger partial charge in [0.25, 0.3) is 0 Å². The van der Waals surface area contributed by atoms with Crippen LogP contribution >= 0.6 is 0 Å². The summed E-state index contributed by atoms with van der Waals surface area (Å²) in [5.41, 5.74) is 2.85. The van der Waals surface area contributed by atoms with Gasteiger partial charge in [-0.25, -0.2) is 15.6 Å². The molecule has 2 aromatic carbocycles. The fraction of sp³-hybridized carbons (Fsp3) is 0.125. The normalized spacial score (nSPS) is 10.0. The van der Waals surface area contributed by atoms with E-state index >= 15 is 0 Å². The van der Waals surface area contributed by atoms with Crippen LogP contribution in [0, 0.1) is 0 Å². The molecule has 21 heavy (non-hydrogen) atoms. The first kappa shape index (κ1) is 14.7. The summed E-state index contributed by atoms with van der Waals surface area (Å²) >= 11 is 0. The standard InChI is InChI=1S/C16H17N3O2/c1-12(20)18-16(21)19(17)15-9-7-14(8-10-15)11-13-5-3-2-4-6-13/h2-10H,11,17H2,1H3,(H,18,20,21). The van der Waals surface area contributed by atoms with E-state index in [4.69, 9.17) is 5.84 Å². The minimum absolute atomic E-state index is 0.448. The van der Waals surface area contributed by atoms with Gasteiger partial charge in [-0.05, 0) is 29.7 Å². The van der Waals surface area contributed by atoms with Gasteiger partial charge in [-0.1, -0.05) is 42.5 Å². The van der Waals surface area contributed by atoms with Gasteiger partial charge in [0, 0.05) is 6.92 Å². The molecule has 0 radical (unpaired) electrons. The third kappa shape index (κ3) is 4.15. The number of carbonyl (C=O) groups is 2. The smallest absolute Gasteiger partial charge is 0.277 e. The van der Waals surface area contributed by atoms with Crippen molar-refractivity contribution < 1.29 is 9.59 Å². The highest BCUT2D eigenvalue weighted by Gasteiger charge is 2.12. The predicted molar refractivity (Wildman–Crippen MR) is 81.6 cm³/mol. The Morgan fingerprint density at radius 3 is 2.14 bits per heavy atom. The van der Waals surface area contributed by atoms with Crippen LogP contribution in [-0.4, -0.2) is 11.9 Å². The lowest BCUT2D eigenvalue weighted by molar-refractivity contribution is -0.117. The molecule has 3 N–H and O–H groups in total. The molecule has 2 rings (SSSR count). The van der Waals surface area contributed by atoms with Crippen molar-refractivity contribution in [2.24, 2.45) is 5.84 Å². The van der Waals surface area contributed by atoms with E-state index in [0.717, 1.165) is 17.0 Å². The first-order valence-corrected chi connectivity index (χ1v) is 6.55. The zero-order chi connectivity index (χ0) is 15.2. The molecule has 2 aromatic rings. The lowest BCUT2D eigenvalue weighted by atomic mass is 10.0. The Kier molecular flexibility index (Phi) is 4.68. The van der Waals surface area contributed by atoms with Crippen LogP contribution in [0.1, 0.15) is 18.1 Å². The molecule has 0 aliphatic rings. The highest BCUT2D eigenvalue weighted by Crippen LogP contribution is 2.15. The van der Waals surface area contributed by atoms with E-state index in [0.29, 0.717) is 5.69 Å². The van der Waals surface area contributed by atoms with Gasteiger partial charge in [0.1, 0.15) is 0 Å². The van der Waals surface area contributed by atoms with Gasteiger partial charge < -0.3 is 0 Å². The molecule has 0 heterocycles. The first-order chi connectivity index (χ1) is 10.1. The van der Waals surface area contributed by atoms with Crippen LogP contribution in [0.2, 0.25) is 0 Å². The van der Waals surface area contributed by atoms with Crippen LogP contribution in [0.4, 0.5) is 10.5 Å². The lowest BCUT2D eigenvalue weighted by Crippen LogP contribution is -2.46. The number of rotatable bonds is 3. The fourth-order valence-corrected chi connectivity index (χ4v) is 1.93. The van der Waals surface area contributed by atoms with E-state index < -0.39 is 11.9 Å². The molecule has 0 saturated heterocycles. The molecule has 5 nitrogen and oxygen atoms in total. The number of urea groups is 1. The van der Waals surface area contributed by atoms with E-state index in [1.54, 1.807) is 12.1 Å². The molecule has 0 bridgehead atoms. The van der Waals surface area contributed by atoms with Crippen LogP contribution in [0.5, 0.6) is 0 Å². The topological polar surface area (TPSA) is 75.4 Å². The van der Waals surface area contributed by atoms with Crippen molar-refractivity contribution in [3.63, 3.8) is 0 Å². The largest absolute Gasteiger partial charge is 0.342 e. The van der Waals surface area contributed by atoms with Gasteiger partial charge >= 0.3 is 6.03 Å².